The molecule has 0 aliphatic heterocycles. The monoisotopic (exact) mass is 632 g/mol. The lowest BCUT2D eigenvalue weighted by atomic mass is 9.92. The zero-order valence-electron chi connectivity index (χ0n) is 29.5. The number of aromatic nitrogens is 4. The van der Waals surface area contributed by atoms with Crippen LogP contribution in [0.25, 0.3) is 44.4 Å². The molecule has 0 amide bonds. The van der Waals surface area contributed by atoms with E-state index in [1.165, 1.54) is 49.7 Å². The molecule has 0 saturated heterocycles. The Morgan fingerprint density at radius 2 is 1.33 bits per heavy atom. The highest BCUT2D eigenvalue weighted by Gasteiger charge is 2.20. The molecular weight excluding hydrogens is 589 g/mol. The van der Waals surface area contributed by atoms with E-state index in [0.29, 0.717) is 11.8 Å². The van der Waals surface area contributed by atoms with E-state index in [4.69, 9.17) is 14.8 Å². The van der Waals surface area contributed by atoms with Gasteiger partial charge in [0.1, 0.15) is 17.3 Å². The van der Waals surface area contributed by atoms with Gasteiger partial charge in [0, 0.05) is 40.4 Å². The van der Waals surface area contributed by atoms with Crippen molar-refractivity contribution in [3.05, 3.63) is 130 Å². The Morgan fingerprint density at radius 3 is 2.06 bits per heavy atom. The van der Waals surface area contributed by atoms with Crippen LogP contribution in [0.1, 0.15) is 78.7 Å². The first-order valence-electron chi connectivity index (χ1n) is 17.0. The van der Waals surface area contributed by atoms with Crippen molar-refractivity contribution in [2.24, 2.45) is 0 Å². The lowest BCUT2D eigenvalue weighted by Gasteiger charge is -2.15. The molecule has 48 heavy (non-hydrogen) atoms. The predicted molar refractivity (Wildman–Crippen MR) is 200 cm³/mol. The highest BCUT2D eigenvalue weighted by molar-refractivity contribution is 6.09. The third-order valence-corrected chi connectivity index (χ3v) is 9.59. The van der Waals surface area contributed by atoms with Crippen LogP contribution in [0.15, 0.2) is 91.1 Å². The fourth-order valence-electron chi connectivity index (χ4n) is 7.26. The van der Waals surface area contributed by atoms with E-state index < -0.39 is 0 Å². The summed E-state index contributed by atoms with van der Waals surface area (Å²) in [5.41, 5.74) is 14.1. The number of aryl methyl sites for hydroxylation is 4. The largest absolute Gasteiger partial charge is 0.457 e. The van der Waals surface area contributed by atoms with Gasteiger partial charge in [-0.05, 0) is 117 Å². The first-order valence-corrected chi connectivity index (χ1v) is 17.0. The van der Waals surface area contributed by atoms with Crippen LogP contribution in [0.3, 0.4) is 0 Å². The average molecular weight is 633 g/mol. The van der Waals surface area contributed by atoms with E-state index in [9.17, 15) is 0 Å². The first-order chi connectivity index (χ1) is 23.0. The van der Waals surface area contributed by atoms with Crippen LogP contribution < -0.4 is 4.74 Å². The van der Waals surface area contributed by atoms with E-state index in [1.807, 2.05) is 6.20 Å². The minimum atomic E-state index is 0.314. The summed E-state index contributed by atoms with van der Waals surface area (Å²) in [7, 11) is 0. The maximum Gasteiger partial charge on any atom is 0.137 e. The number of benzene rings is 4. The SMILES string of the molecule is Cc1cc(C)c(-c2c(C)nn(-c3cc(Oc4ccc5c6ccccc6n(-c6cc(C(C)C)ccn6)c5c4)cc(C(C)C)c3)c2C)c(C)c1. The van der Waals surface area contributed by atoms with Crippen LogP contribution in [-0.4, -0.2) is 19.3 Å². The molecule has 0 radical (unpaired) electrons. The number of fused-ring (bicyclic) bond motifs is 3. The minimum absolute atomic E-state index is 0.314. The lowest BCUT2D eigenvalue weighted by molar-refractivity contribution is 0.481. The first kappa shape index (κ1) is 31.4. The Kier molecular flexibility index (Phi) is 7.95. The second-order valence-corrected chi connectivity index (χ2v) is 13.9. The second-order valence-electron chi connectivity index (χ2n) is 13.9. The lowest BCUT2D eigenvalue weighted by Crippen LogP contribution is -2.02. The molecule has 7 aromatic rings. The highest BCUT2D eigenvalue weighted by Crippen LogP contribution is 2.38. The highest BCUT2D eigenvalue weighted by atomic mass is 16.5. The fourth-order valence-corrected chi connectivity index (χ4v) is 7.26. The molecule has 0 aliphatic carbocycles. The molecule has 242 valence electrons. The zero-order valence-corrected chi connectivity index (χ0v) is 29.5. The molecule has 3 heterocycles. The molecule has 0 atom stereocenters. The molecule has 7 rings (SSSR count). The van der Waals surface area contributed by atoms with Crippen molar-refractivity contribution in [1.82, 2.24) is 19.3 Å². The maximum atomic E-state index is 6.73. The van der Waals surface area contributed by atoms with Gasteiger partial charge in [0.25, 0.3) is 0 Å². The fraction of sp³-hybridized carbons (Fsp3) is 0.256. The van der Waals surface area contributed by atoms with Gasteiger partial charge in [0.05, 0.1) is 22.4 Å². The van der Waals surface area contributed by atoms with E-state index in [0.717, 1.165) is 45.4 Å². The second kappa shape index (κ2) is 12.1. The van der Waals surface area contributed by atoms with Crippen molar-refractivity contribution >= 4 is 21.8 Å². The molecule has 0 fully saturated rings. The van der Waals surface area contributed by atoms with Crippen LogP contribution in [0.5, 0.6) is 11.5 Å². The van der Waals surface area contributed by atoms with Crippen LogP contribution in [0.4, 0.5) is 0 Å². The van der Waals surface area contributed by atoms with Gasteiger partial charge >= 0.3 is 0 Å². The summed E-state index contributed by atoms with van der Waals surface area (Å²) in [4.78, 5) is 4.82. The molecule has 3 aromatic heterocycles. The van der Waals surface area contributed by atoms with E-state index in [2.05, 4.69) is 156 Å². The van der Waals surface area contributed by atoms with E-state index >= 15 is 0 Å². The minimum Gasteiger partial charge on any atom is -0.457 e. The number of rotatable bonds is 7. The standard InChI is InChI=1S/C43H44N4O/c1-25(2)32-16-17-44-41(22-32)46-39-13-11-10-12-37(39)38-15-14-35(24-40(38)46)48-36-21-33(26(3)4)20-34(23-36)47-31(9)43(30(8)45-47)42-28(6)18-27(5)19-29(42)7/h10-26H,1-9H3. The van der Waals surface area contributed by atoms with Gasteiger partial charge in [0.2, 0.25) is 0 Å². The van der Waals surface area contributed by atoms with Gasteiger partial charge in [-0.2, -0.15) is 5.10 Å². The van der Waals surface area contributed by atoms with Crippen molar-refractivity contribution < 1.29 is 4.74 Å². The number of hydrogen-bond acceptors (Lipinski definition) is 3. The normalized spacial score (nSPS) is 11.8. The van der Waals surface area contributed by atoms with Crippen molar-refractivity contribution in [2.75, 3.05) is 0 Å². The number of para-hydroxylation sites is 1. The van der Waals surface area contributed by atoms with E-state index in [-0.39, 0.29) is 0 Å². The van der Waals surface area contributed by atoms with Crippen LogP contribution in [-0.2, 0) is 0 Å². The van der Waals surface area contributed by atoms with Gasteiger partial charge in [-0.15, -0.1) is 0 Å². The molecule has 0 spiro atoms. The van der Waals surface area contributed by atoms with Crippen LogP contribution in [0, 0.1) is 34.6 Å². The molecular formula is C43H44N4O. The summed E-state index contributed by atoms with van der Waals surface area (Å²) in [5, 5.41) is 7.45. The summed E-state index contributed by atoms with van der Waals surface area (Å²) >= 11 is 0. The Bertz CT molecular complexity index is 2310. The Hall–Kier alpha value is -5.16. The summed E-state index contributed by atoms with van der Waals surface area (Å²) in [6.07, 6.45) is 1.91. The Morgan fingerprint density at radius 1 is 0.625 bits per heavy atom. The van der Waals surface area contributed by atoms with Gasteiger partial charge in [-0.25, -0.2) is 9.67 Å². The predicted octanol–water partition coefficient (Wildman–Crippen LogP) is 11.6. The quantitative estimate of drug-likeness (QED) is 0.176. The summed E-state index contributed by atoms with van der Waals surface area (Å²) < 4.78 is 11.1. The van der Waals surface area contributed by atoms with Gasteiger partial charge < -0.3 is 4.74 Å². The van der Waals surface area contributed by atoms with Crippen molar-refractivity contribution in [1.29, 1.82) is 0 Å². The Balaban J connectivity index is 1.34. The third-order valence-electron chi connectivity index (χ3n) is 9.59. The van der Waals surface area contributed by atoms with Crippen molar-refractivity contribution in [3.63, 3.8) is 0 Å². The van der Waals surface area contributed by atoms with Crippen molar-refractivity contribution in [3.8, 4) is 34.1 Å². The molecule has 0 unspecified atom stereocenters. The molecule has 4 aromatic carbocycles. The number of pyridine rings is 1. The van der Waals surface area contributed by atoms with Gasteiger partial charge in [-0.3, -0.25) is 4.57 Å². The summed E-state index contributed by atoms with van der Waals surface area (Å²) in [6, 6.07) is 30.2. The summed E-state index contributed by atoms with van der Waals surface area (Å²) in [6.45, 7) is 19.7. The Labute approximate surface area is 283 Å². The zero-order chi connectivity index (χ0) is 33.9. The maximum absolute atomic E-state index is 6.73. The molecule has 0 bridgehead atoms. The molecule has 5 nitrogen and oxygen atoms in total. The van der Waals surface area contributed by atoms with Crippen LogP contribution >= 0.6 is 0 Å². The molecule has 0 N–H and O–H groups in total. The van der Waals surface area contributed by atoms with Crippen molar-refractivity contribution in [2.45, 2.75) is 74.1 Å². The van der Waals surface area contributed by atoms with Crippen LogP contribution in [0.2, 0.25) is 0 Å². The molecule has 0 aliphatic rings. The number of ether oxygens (including phenoxy) is 1. The molecule has 5 heteroatoms. The summed E-state index contributed by atoms with van der Waals surface area (Å²) in [5.74, 6) is 3.19. The topological polar surface area (TPSA) is 44.9 Å². The number of hydrogen-bond donors (Lipinski definition) is 0. The smallest absolute Gasteiger partial charge is 0.137 e. The average Bonchev–Trinajstić information content (AvgIpc) is 3.53. The molecule has 0 saturated carbocycles. The third kappa shape index (κ3) is 5.47. The van der Waals surface area contributed by atoms with Gasteiger partial charge in [0.15, 0.2) is 0 Å². The number of nitrogens with zero attached hydrogens (tertiary/aromatic N) is 4. The van der Waals surface area contributed by atoms with E-state index in [1.54, 1.807) is 0 Å². The van der Waals surface area contributed by atoms with Gasteiger partial charge in [-0.1, -0.05) is 63.6 Å².